The number of nitrogens with zero attached hydrogens (tertiary/aromatic N) is 1. The van der Waals surface area contributed by atoms with E-state index in [2.05, 4.69) is 0 Å². The Balaban J connectivity index is 1.92. The van der Waals surface area contributed by atoms with Gasteiger partial charge in [0.05, 0.1) is 13.2 Å². The van der Waals surface area contributed by atoms with Crippen LogP contribution in [0.5, 0.6) is 0 Å². The van der Waals surface area contributed by atoms with Gasteiger partial charge in [-0.3, -0.25) is 4.79 Å². The number of carbonyl (C=O) groups excluding carboxylic acids is 1. The van der Waals surface area contributed by atoms with Crippen molar-refractivity contribution in [2.75, 3.05) is 26.3 Å². The summed E-state index contributed by atoms with van der Waals surface area (Å²) in [6.07, 6.45) is 0.711. The van der Waals surface area contributed by atoms with Crippen LogP contribution in [0, 0.1) is 11.8 Å². The van der Waals surface area contributed by atoms with Crippen molar-refractivity contribution < 1.29 is 9.53 Å². The fourth-order valence-electron chi connectivity index (χ4n) is 2.24. The normalized spacial score (nSPS) is 33.1. The molecule has 80 valence electrons. The number of fused-ring (bicyclic) bond motifs is 1. The van der Waals surface area contributed by atoms with Crippen LogP contribution in [0.2, 0.25) is 0 Å². The Bertz CT molecular complexity index is 222. The topological polar surface area (TPSA) is 29.5 Å². The summed E-state index contributed by atoms with van der Waals surface area (Å²) >= 11 is 5.93. The maximum absolute atomic E-state index is 11.8. The number of rotatable bonds is 2. The molecule has 2 heterocycles. The first-order chi connectivity index (χ1) is 6.72. The third kappa shape index (κ3) is 1.75. The Hall–Kier alpha value is -0.280. The molecule has 14 heavy (non-hydrogen) atoms. The van der Waals surface area contributed by atoms with Crippen LogP contribution in [0.1, 0.15) is 13.3 Å². The highest BCUT2D eigenvalue weighted by Gasteiger charge is 2.39. The molecule has 0 radical (unpaired) electrons. The predicted molar refractivity (Wildman–Crippen MR) is 54.3 cm³/mol. The second-order valence-electron chi connectivity index (χ2n) is 4.18. The zero-order chi connectivity index (χ0) is 10.1. The molecule has 2 saturated heterocycles. The summed E-state index contributed by atoms with van der Waals surface area (Å²) in [5, 5.41) is -0.338. The molecule has 0 aromatic heterocycles. The first kappa shape index (κ1) is 10.2. The van der Waals surface area contributed by atoms with E-state index >= 15 is 0 Å². The van der Waals surface area contributed by atoms with E-state index in [0.29, 0.717) is 18.3 Å². The lowest BCUT2D eigenvalue weighted by molar-refractivity contribution is -0.130. The van der Waals surface area contributed by atoms with Crippen molar-refractivity contribution in [3.05, 3.63) is 0 Å². The van der Waals surface area contributed by atoms with Crippen LogP contribution in [0.3, 0.4) is 0 Å². The van der Waals surface area contributed by atoms with Gasteiger partial charge in [-0.2, -0.15) is 0 Å². The lowest BCUT2D eigenvalue weighted by Crippen LogP contribution is -2.35. The zero-order valence-corrected chi connectivity index (χ0v) is 9.17. The van der Waals surface area contributed by atoms with Gasteiger partial charge in [0.15, 0.2) is 0 Å². The molecule has 1 amide bonds. The standard InChI is InChI=1S/C10H16ClNO2/c1-2-9(11)10(13)12-3-7-5-14-6-8(7)4-12/h7-9H,2-6H2,1H3/t7-,8+,9-/m0/s1. The van der Waals surface area contributed by atoms with Crippen LogP contribution in [-0.2, 0) is 9.53 Å². The molecule has 0 aliphatic carbocycles. The van der Waals surface area contributed by atoms with Crippen molar-refractivity contribution in [2.24, 2.45) is 11.8 Å². The van der Waals surface area contributed by atoms with Crippen molar-refractivity contribution in [1.82, 2.24) is 4.90 Å². The number of hydrogen-bond donors (Lipinski definition) is 0. The third-order valence-corrected chi connectivity index (χ3v) is 3.67. The van der Waals surface area contributed by atoms with Crippen LogP contribution in [0.4, 0.5) is 0 Å². The number of carbonyl (C=O) groups is 1. The monoisotopic (exact) mass is 217 g/mol. The number of alkyl halides is 1. The Morgan fingerprint density at radius 1 is 1.50 bits per heavy atom. The molecule has 2 aliphatic heterocycles. The second kappa shape index (κ2) is 4.07. The SMILES string of the molecule is CC[C@H](Cl)C(=O)N1C[C@H]2COC[C@H]2C1. The largest absolute Gasteiger partial charge is 0.381 e. The maximum Gasteiger partial charge on any atom is 0.240 e. The van der Waals surface area contributed by atoms with Crippen LogP contribution in [0.25, 0.3) is 0 Å². The Morgan fingerprint density at radius 2 is 2.07 bits per heavy atom. The molecule has 0 saturated carbocycles. The van der Waals surface area contributed by atoms with E-state index in [-0.39, 0.29) is 11.3 Å². The summed E-state index contributed by atoms with van der Waals surface area (Å²) in [5.74, 6) is 1.21. The van der Waals surface area contributed by atoms with Crippen molar-refractivity contribution >= 4 is 17.5 Å². The molecule has 0 spiro atoms. The highest BCUT2D eigenvalue weighted by atomic mass is 35.5. The van der Waals surface area contributed by atoms with Gasteiger partial charge in [0, 0.05) is 24.9 Å². The van der Waals surface area contributed by atoms with Gasteiger partial charge in [-0.15, -0.1) is 11.6 Å². The number of hydrogen-bond acceptors (Lipinski definition) is 2. The van der Waals surface area contributed by atoms with Crippen molar-refractivity contribution in [3.8, 4) is 0 Å². The van der Waals surface area contributed by atoms with E-state index < -0.39 is 0 Å². The zero-order valence-electron chi connectivity index (χ0n) is 8.41. The summed E-state index contributed by atoms with van der Waals surface area (Å²) < 4.78 is 5.36. The van der Waals surface area contributed by atoms with Crippen LogP contribution in [-0.4, -0.2) is 42.5 Å². The smallest absolute Gasteiger partial charge is 0.240 e. The van der Waals surface area contributed by atoms with Crippen LogP contribution < -0.4 is 0 Å². The van der Waals surface area contributed by atoms with E-state index in [4.69, 9.17) is 16.3 Å². The maximum atomic E-state index is 11.8. The van der Waals surface area contributed by atoms with E-state index in [1.165, 1.54) is 0 Å². The molecule has 3 nitrogen and oxygen atoms in total. The first-order valence-electron chi connectivity index (χ1n) is 5.23. The lowest BCUT2D eigenvalue weighted by Gasteiger charge is -2.19. The number of ether oxygens (including phenoxy) is 1. The molecule has 2 fully saturated rings. The third-order valence-electron chi connectivity index (χ3n) is 3.18. The molecule has 0 aromatic carbocycles. The molecule has 0 N–H and O–H groups in total. The van der Waals surface area contributed by atoms with E-state index in [0.717, 1.165) is 26.3 Å². The van der Waals surface area contributed by atoms with Crippen molar-refractivity contribution in [2.45, 2.75) is 18.7 Å². The molecule has 0 aromatic rings. The predicted octanol–water partition coefficient (Wildman–Crippen LogP) is 1.11. The highest BCUT2D eigenvalue weighted by Crippen LogP contribution is 2.29. The molecule has 0 bridgehead atoms. The number of likely N-dealkylation sites (tertiary alicyclic amines) is 1. The minimum absolute atomic E-state index is 0.101. The van der Waals surface area contributed by atoms with Gasteiger partial charge >= 0.3 is 0 Å². The minimum atomic E-state index is -0.338. The van der Waals surface area contributed by atoms with Crippen LogP contribution >= 0.6 is 11.6 Å². The summed E-state index contributed by atoms with van der Waals surface area (Å²) in [6, 6.07) is 0. The van der Waals surface area contributed by atoms with Gasteiger partial charge in [-0.1, -0.05) is 6.92 Å². The Labute approximate surface area is 89.4 Å². The molecule has 3 atom stereocenters. The first-order valence-corrected chi connectivity index (χ1v) is 5.66. The van der Waals surface area contributed by atoms with Gasteiger partial charge < -0.3 is 9.64 Å². The summed E-state index contributed by atoms with van der Waals surface area (Å²) in [7, 11) is 0. The van der Waals surface area contributed by atoms with E-state index in [1.54, 1.807) is 0 Å². The lowest BCUT2D eigenvalue weighted by atomic mass is 10.0. The summed E-state index contributed by atoms with van der Waals surface area (Å²) in [5.41, 5.74) is 0. The Morgan fingerprint density at radius 3 is 2.57 bits per heavy atom. The number of halogens is 1. The molecule has 4 heteroatoms. The van der Waals surface area contributed by atoms with Gasteiger partial charge in [-0.25, -0.2) is 0 Å². The fourth-order valence-corrected chi connectivity index (χ4v) is 2.38. The minimum Gasteiger partial charge on any atom is -0.381 e. The highest BCUT2D eigenvalue weighted by molar-refractivity contribution is 6.30. The van der Waals surface area contributed by atoms with E-state index in [1.807, 2.05) is 11.8 Å². The molecule has 2 rings (SSSR count). The van der Waals surface area contributed by atoms with Gasteiger partial charge in [0.1, 0.15) is 5.38 Å². The van der Waals surface area contributed by atoms with Gasteiger partial charge in [0.25, 0.3) is 0 Å². The molecule has 2 aliphatic rings. The quantitative estimate of drug-likeness (QED) is 0.649. The van der Waals surface area contributed by atoms with Crippen LogP contribution in [0.15, 0.2) is 0 Å². The summed E-state index contributed by atoms with van der Waals surface area (Å²) in [6.45, 7) is 5.25. The molecule has 0 unspecified atom stereocenters. The molecular weight excluding hydrogens is 202 g/mol. The second-order valence-corrected chi connectivity index (χ2v) is 4.70. The fraction of sp³-hybridized carbons (Fsp3) is 0.900. The van der Waals surface area contributed by atoms with E-state index in [9.17, 15) is 4.79 Å². The Kier molecular flexibility index (Phi) is 2.98. The average Bonchev–Trinajstić information content (AvgIpc) is 2.74. The van der Waals surface area contributed by atoms with Gasteiger partial charge in [-0.05, 0) is 6.42 Å². The molecular formula is C10H16ClNO2. The van der Waals surface area contributed by atoms with Gasteiger partial charge in [0.2, 0.25) is 5.91 Å². The number of amides is 1. The average molecular weight is 218 g/mol. The summed E-state index contributed by atoms with van der Waals surface area (Å²) in [4.78, 5) is 13.7. The van der Waals surface area contributed by atoms with Crippen molar-refractivity contribution in [1.29, 1.82) is 0 Å². The van der Waals surface area contributed by atoms with Crippen molar-refractivity contribution in [3.63, 3.8) is 0 Å².